The topological polar surface area (TPSA) is 110 Å². The van der Waals surface area contributed by atoms with Crippen molar-refractivity contribution in [2.45, 2.75) is 36.2 Å². The van der Waals surface area contributed by atoms with Crippen LogP contribution in [0.25, 0.3) is 0 Å². The molecule has 3 atom stereocenters. The molecule has 4 heterocycles. The number of amides is 1. The summed E-state index contributed by atoms with van der Waals surface area (Å²) in [4.78, 5) is 22.6. The normalized spacial score (nSPS) is 22.1. The van der Waals surface area contributed by atoms with E-state index in [0.717, 1.165) is 12.3 Å². The number of halogens is 3. The highest BCUT2D eigenvalue weighted by atomic mass is 32.2. The fraction of sp³-hybridized carbons (Fsp3) is 0.389. The maximum Gasteiger partial charge on any atom is 0.417 e. The lowest BCUT2D eigenvalue weighted by atomic mass is 10.1. The SMILES string of the molecule is NS(=O)c1cc(NC(=O)c2cc(C(F)(F)F)cnc2N2CCC3OCCC32)ccn1. The number of rotatable bonds is 4. The van der Waals surface area contributed by atoms with E-state index < -0.39 is 28.6 Å². The molecule has 1 amide bonds. The fourth-order valence-electron chi connectivity index (χ4n) is 3.77. The number of aromatic nitrogens is 2. The van der Waals surface area contributed by atoms with Crippen LogP contribution >= 0.6 is 0 Å². The van der Waals surface area contributed by atoms with Gasteiger partial charge in [0.15, 0.2) is 0 Å². The van der Waals surface area contributed by atoms with Crippen molar-refractivity contribution in [1.29, 1.82) is 0 Å². The standard InChI is InChI=1S/C18H18F3N5O3S/c19-18(20,21)10-7-12(17(27)25-11-1-4-23-15(8-11)30(22)28)16(24-9-10)26-5-2-14-13(26)3-6-29-14/h1,4,7-9,13-14H,2-3,5-6,22H2,(H,23,25,27). The van der Waals surface area contributed by atoms with E-state index in [1.807, 2.05) is 4.90 Å². The minimum atomic E-state index is -4.65. The van der Waals surface area contributed by atoms with Gasteiger partial charge in [-0.25, -0.2) is 19.3 Å². The van der Waals surface area contributed by atoms with Gasteiger partial charge in [-0.05, 0) is 31.0 Å². The van der Waals surface area contributed by atoms with Crippen molar-refractivity contribution < 1.29 is 26.9 Å². The number of nitrogens with zero attached hydrogens (tertiary/aromatic N) is 3. The molecule has 3 unspecified atom stereocenters. The second-order valence-corrected chi connectivity index (χ2v) is 7.99. The molecule has 0 aromatic carbocycles. The molecule has 8 nitrogen and oxygen atoms in total. The lowest BCUT2D eigenvalue weighted by Crippen LogP contribution is -2.34. The second kappa shape index (κ2) is 7.93. The van der Waals surface area contributed by atoms with E-state index in [1.165, 1.54) is 18.3 Å². The van der Waals surface area contributed by atoms with Crippen LogP contribution in [0.2, 0.25) is 0 Å². The fourth-order valence-corrected chi connectivity index (χ4v) is 4.18. The highest BCUT2D eigenvalue weighted by molar-refractivity contribution is 7.82. The maximum atomic E-state index is 13.3. The highest BCUT2D eigenvalue weighted by Gasteiger charge is 2.41. The third-order valence-electron chi connectivity index (χ3n) is 5.14. The van der Waals surface area contributed by atoms with Crippen molar-refractivity contribution in [2.75, 3.05) is 23.4 Å². The quantitative estimate of drug-likeness (QED) is 0.752. The maximum absolute atomic E-state index is 13.3. The van der Waals surface area contributed by atoms with Crippen molar-refractivity contribution in [3.63, 3.8) is 0 Å². The Labute approximate surface area is 172 Å². The number of ether oxygens (including phenoxy) is 1. The van der Waals surface area contributed by atoms with Crippen LogP contribution in [-0.4, -0.2) is 45.4 Å². The van der Waals surface area contributed by atoms with Gasteiger partial charge in [-0.1, -0.05) is 0 Å². The Bertz CT molecular complexity index is 1000. The molecular formula is C18H18F3N5O3S. The van der Waals surface area contributed by atoms with E-state index in [9.17, 15) is 22.2 Å². The molecule has 2 aromatic rings. The Morgan fingerprint density at radius 2 is 2.10 bits per heavy atom. The number of fused-ring (bicyclic) bond motifs is 1. The monoisotopic (exact) mass is 441 g/mol. The summed E-state index contributed by atoms with van der Waals surface area (Å²) in [6.45, 7) is 1.09. The van der Waals surface area contributed by atoms with Crippen LogP contribution < -0.4 is 15.4 Å². The van der Waals surface area contributed by atoms with Gasteiger partial charge in [0.2, 0.25) is 0 Å². The molecule has 30 heavy (non-hydrogen) atoms. The number of hydrogen-bond acceptors (Lipinski definition) is 6. The average Bonchev–Trinajstić information content (AvgIpc) is 3.31. The molecule has 0 aliphatic carbocycles. The van der Waals surface area contributed by atoms with Crippen LogP contribution in [-0.2, 0) is 21.9 Å². The molecule has 12 heteroatoms. The van der Waals surface area contributed by atoms with Crippen molar-refractivity contribution in [3.8, 4) is 0 Å². The first kappa shape index (κ1) is 20.7. The summed E-state index contributed by atoms with van der Waals surface area (Å²) in [5.41, 5.74) is -1.02. The van der Waals surface area contributed by atoms with E-state index in [4.69, 9.17) is 9.88 Å². The first-order chi connectivity index (χ1) is 14.2. The van der Waals surface area contributed by atoms with Crippen LogP contribution in [0, 0.1) is 0 Å². The summed E-state index contributed by atoms with van der Waals surface area (Å²) in [6, 6.07) is 3.48. The first-order valence-corrected chi connectivity index (χ1v) is 10.3. The van der Waals surface area contributed by atoms with Crippen molar-refractivity contribution >= 4 is 28.4 Å². The van der Waals surface area contributed by atoms with Crippen molar-refractivity contribution in [1.82, 2.24) is 9.97 Å². The molecule has 0 saturated carbocycles. The molecule has 0 spiro atoms. The third-order valence-corrected chi connectivity index (χ3v) is 5.77. The van der Waals surface area contributed by atoms with Gasteiger partial charge >= 0.3 is 6.18 Å². The van der Waals surface area contributed by atoms with E-state index in [1.54, 1.807) is 0 Å². The summed E-state index contributed by atoms with van der Waals surface area (Å²) >= 11 is 0. The number of nitrogens with two attached hydrogens (primary N) is 1. The first-order valence-electron chi connectivity index (χ1n) is 9.13. The van der Waals surface area contributed by atoms with Crippen LogP contribution in [0.1, 0.15) is 28.8 Å². The number of carbonyl (C=O) groups is 1. The average molecular weight is 441 g/mol. The number of alkyl halides is 3. The molecule has 4 rings (SSSR count). The Morgan fingerprint density at radius 1 is 1.30 bits per heavy atom. The highest BCUT2D eigenvalue weighted by Crippen LogP contribution is 2.37. The largest absolute Gasteiger partial charge is 0.417 e. The summed E-state index contributed by atoms with van der Waals surface area (Å²) in [7, 11) is -1.87. The summed E-state index contributed by atoms with van der Waals surface area (Å²) < 4.78 is 56.8. The lowest BCUT2D eigenvalue weighted by Gasteiger charge is -2.26. The second-order valence-electron chi connectivity index (χ2n) is 6.97. The van der Waals surface area contributed by atoms with E-state index >= 15 is 0 Å². The number of carbonyl (C=O) groups excluding carboxylic acids is 1. The Hall–Kier alpha value is -2.57. The zero-order valence-electron chi connectivity index (χ0n) is 15.6. The van der Waals surface area contributed by atoms with Crippen LogP contribution in [0.3, 0.4) is 0 Å². The summed E-state index contributed by atoms with van der Waals surface area (Å²) in [5.74, 6) is -0.596. The number of nitrogens with one attached hydrogen (secondary N) is 1. The van der Waals surface area contributed by atoms with Gasteiger partial charge in [-0.2, -0.15) is 13.2 Å². The van der Waals surface area contributed by atoms with E-state index in [0.29, 0.717) is 26.0 Å². The number of hydrogen-bond donors (Lipinski definition) is 2. The van der Waals surface area contributed by atoms with Gasteiger partial charge in [0.1, 0.15) is 21.8 Å². The predicted molar refractivity (Wildman–Crippen MR) is 102 cm³/mol. The predicted octanol–water partition coefficient (Wildman–Crippen LogP) is 2.10. The number of pyridine rings is 2. The minimum Gasteiger partial charge on any atom is -0.376 e. The molecule has 2 saturated heterocycles. The third kappa shape index (κ3) is 4.02. The molecular weight excluding hydrogens is 423 g/mol. The van der Waals surface area contributed by atoms with Crippen LogP contribution in [0.5, 0.6) is 0 Å². The Kier molecular flexibility index (Phi) is 5.47. The number of anilines is 2. The Morgan fingerprint density at radius 3 is 2.83 bits per heavy atom. The smallest absolute Gasteiger partial charge is 0.376 e. The molecule has 2 aromatic heterocycles. The molecule has 3 N–H and O–H groups in total. The van der Waals surface area contributed by atoms with Gasteiger partial charge in [-0.3, -0.25) is 4.79 Å². The molecule has 0 radical (unpaired) electrons. The van der Waals surface area contributed by atoms with E-state index in [2.05, 4.69) is 15.3 Å². The van der Waals surface area contributed by atoms with Gasteiger partial charge in [0.25, 0.3) is 5.91 Å². The zero-order valence-corrected chi connectivity index (χ0v) is 16.4. The van der Waals surface area contributed by atoms with Crippen LogP contribution in [0.15, 0.2) is 35.6 Å². The molecule has 160 valence electrons. The minimum absolute atomic E-state index is 0.0210. The summed E-state index contributed by atoms with van der Waals surface area (Å²) in [5, 5.41) is 7.84. The van der Waals surface area contributed by atoms with Crippen molar-refractivity contribution in [3.05, 3.63) is 41.7 Å². The van der Waals surface area contributed by atoms with Gasteiger partial charge in [-0.15, -0.1) is 0 Å². The molecule has 2 aliphatic heterocycles. The van der Waals surface area contributed by atoms with Crippen LogP contribution in [0.4, 0.5) is 24.7 Å². The summed E-state index contributed by atoms with van der Waals surface area (Å²) in [6.07, 6.45) is -1.22. The zero-order chi connectivity index (χ0) is 21.5. The van der Waals surface area contributed by atoms with Crippen molar-refractivity contribution in [2.24, 2.45) is 5.14 Å². The molecule has 2 fully saturated rings. The molecule has 2 aliphatic rings. The van der Waals surface area contributed by atoms with Gasteiger partial charge in [0.05, 0.1) is 23.3 Å². The van der Waals surface area contributed by atoms with E-state index in [-0.39, 0.29) is 34.2 Å². The Balaban J connectivity index is 1.70. The van der Waals surface area contributed by atoms with Gasteiger partial charge < -0.3 is 15.0 Å². The van der Waals surface area contributed by atoms with Gasteiger partial charge in [0, 0.05) is 31.2 Å². The molecule has 0 bridgehead atoms. The lowest BCUT2D eigenvalue weighted by molar-refractivity contribution is -0.137.